The summed E-state index contributed by atoms with van der Waals surface area (Å²) in [5.74, 6) is -0.866. The van der Waals surface area contributed by atoms with Gasteiger partial charge in [0.2, 0.25) is 0 Å². The van der Waals surface area contributed by atoms with Crippen LogP contribution in [0.2, 0.25) is 0 Å². The zero-order chi connectivity index (χ0) is 59.9. The number of hydrogen-bond donors (Lipinski definition) is 0. The minimum atomic E-state index is -0.779. The van der Waals surface area contributed by atoms with E-state index in [0.717, 1.165) is 83.5 Å². The summed E-state index contributed by atoms with van der Waals surface area (Å²) in [4.78, 5) is 38.4. The molecule has 0 fully saturated rings. The Morgan fingerprint density at radius 2 is 0.458 bits per heavy atom. The second-order valence-corrected chi connectivity index (χ2v) is 25.6. The first-order chi connectivity index (χ1) is 41.0. The second kappa shape index (κ2) is 72.1. The molecule has 0 bridgehead atoms. The van der Waals surface area contributed by atoms with Crippen molar-refractivity contribution in [2.24, 2.45) is 0 Å². The van der Waals surface area contributed by atoms with E-state index in [9.17, 15) is 14.4 Å². The van der Waals surface area contributed by atoms with Crippen molar-refractivity contribution in [2.45, 2.75) is 425 Å². The molecule has 0 aromatic heterocycles. The topological polar surface area (TPSA) is 78.9 Å². The van der Waals surface area contributed by atoms with Gasteiger partial charge in [-0.2, -0.15) is 0 Å². The van der Waals surface area contributed by atoms with E-state index >= 15 is 0 Å². The summed E-state index contributed by atoms with van der Waals surface area (Å²) in [6, 6.07) is 0. The van der Waals surface area contributed by atoms with Crippen LogP contribution < -0.4 is 0 Å². The second-order valence-electron chi connectivity index (χ2n) is 25.6. The lowest BCUT2D eigenvalue weighted by atomic mass is 10.0. The lowest BCUT2D eigenvalue weighted by Crippen LogP contribution is -2.30. The molecule has 1 unspecified atom stereocenters. The Morgan fingerprint density at radius 3 is 0.723 bits per heavy atom. The van der Waals surface area contributed by atoms with Crippen molar-refractivity contribution in [1.82, 2.24) is 0 Å². The standard InChI is InChI=1S/C77H144O6/c1-4-7-10-13-16-19-22-25-27-29-31-32-33-34-35-36-37-38-39-40-41-42-43-44-45-46-48-49-52-55-58-61-64-67-70-76(79)82-73-74(72-81-75(78)69-66-63-60-57-54-51-24-21-18-15-12-9-6-3)83-77(80)71-68-65-62-59-56-53-50-47-30-28-26-23-20-17-14-11-8-5-2/h12,15,21,24,28,30,74H,4-11,13-14,16-20,22-23,25-27,29,31-73H2,1-3H3/b15-12-,24-21-,30-28-. The van der Waals surface area contributed by atoms with Gasteiger partial charge in [-0.05, 0) is 70.6 Å². The van der Waals surface area contributed by atoms with Crippen LogP contribution in [0.1, 0.15) is 419 Å². The van der Waals surface area contributed by atoms with E-state index < -0.39 is 6.10 Å². The lowest BCUT2D eigenvalue weighted by Gasteiger charge is -2.18. The van der Waals surface area contributed by atoms with Gasteiger partial charge in [-0.1, -0.05) is 365 Å². The van der Waals surface area contributed by atoms with Crippen molar-refractivity contribution >= 4 is 17.9 Å². The van der Waals surface area contributed by atoms with Crippen LogP contribution in [0.5, 0.6) is 0 Å². The van der Waals surface area contributed by atoms with E-state index in [1.807, 2.05) is 0 Å². The fourth-order valence-corrected chi connectivity index (χ4v) is 11.5. The van der Waals surface area contributed by atoms with Gasteiger partial charge in [-0.15, -0.1) is 0 Å². The number of allylic oxidation sites excluding steroid dienone is 6. The van der Waals surface area contributed by atoms with Crippen molar-refractivity contribution in [2.75, 3.05) is 13.2 Å². The third kappa shape index (κ3) is 70.3. The Bertz CT molecular complexity index is 1380. The van der Waals surface area contributed by atoms with Crippen molar-refractivity contribution in [3.8, 4) is 0 Å². The Morgan fingerprint density at radius 1 is 0.241 bits per heavy atom. The smallest absolute Gasteiger partial charge is 0.306 e. The predicted molar refractivity (Wildman–Crippen MR) is 362 cm³/mol. The largest absolute Gasteiger partial charge is 0.462 e. The molecule has 0 aromatic carbocycles. The van der Waals surface area contributed by atoms with Crippen LogP contribution in [0, 0.1) is 0 Å². The number of hydrogen-bond acceptors (Lipinski definition) is 6. The number of carbonyl (C=O) groups excluding carboxylic acids is 3. The van der Waals surface area contributed by atoms with E-state index in [1.54, 1.807) is 0 Å². The summed E-state index contributed by atoms with van der Waals surface area (Å²) in [7, 11) is 0. The van der Waals surface area contributed by atoms with Gasteiger partial charge >= 0.3 is 17.9 Å². The third-order valence-electron chi connectivity index (χ3n) is 17.1. The molecular weight excluding hydrogens is 1020 g/mol. The average molecular weight is 1170 g/mol. The zero-order valence-electron chi connectivity index (χ0n) is 56.2. The van der Waals surface area contributed by atoms with Crippen molar-refractivity contribution in [1.29, 1.82) is 0 Å². The van der Waals surface area contributed by atoms with Crippen molar-refractivity contribution in [3.05, 3.63) is 36.5 Å². The van der Waals surface area contributed by atoms with Crippen LogP contribution in [-0.4, -0.2) is 37.2 Å². The molecule has 0 amide bonds. The molecule has 0 N–H and O–H groups in total. The van der Waals surface area contributed by atoms with E-state index in [1.165, 1.54) is 295 Å². The molecule has 0 aliphatic carbocycles. The molecule has 0 aliphatic rings. The molecule has 0 radical (unpaired) electrons. The summed E-state index contributed by atoms with van der Waals surface area (Å²) >= 11 is 0. The molecule has 0 saturated heterocycles. The van der Waals surface area contributed by atoms with Crippen molar-refractivity contribution in [3.63, 3.8) is 0 Å². The number of unbranched alkanes of at least 4 members (excludes halogenated alkanes) is 53. The van der Waals surface area contributed by atoms with E-state index in [2.05, 4.69) is 57.2 Å². The van der Waals surface area contributed by atoms with Gasteiger partial charge in [0.1, 0.15) is 13.2 Å². The van der Waals surface area contributed by atoms with Gasteiger partial charge in [0, 0.05) is 19.3 Å². The Hall–Kier alpha value is -2.37. The Labute approximate surface area is 518 Å². The monoisotopic (exact) mass is 1170 g/mol. The fraction of sp³-hybridized carbons (Fsp3) is 0.883. The molecule has 0 heterocycles. The highest BCUT2D eigenvalue weighted by Gasteiger charge is 2.20. The van der Waals surface area contributed by atoms with Crippen LogP contribution in [0.3, 0.4) is 0 Å². The van der Waals surface area contributed by atoms with Crippen LogP contribution in [0.15, 0.2) is 36.5 Å². The molecule has 0 saturated carbocycles. The summed E-state index contributed by atoms with van der Waals surface area (Å²) in [5, 5.41) is 0. The van der Waals surface area contributed by atoms with Gasteiger partial charge in [-0.3, -0.25) is 14.4 Å². The summed E-state index contributed by atoms with van der Waals surface area (Å²) in [6.07, 6.45) is 90.7. The van der Waals surface area contributed by atoms with Gasteiger partial charge in [0.05, 0.1) is 0 Å². The first kappa shape index (κ1) is 80.6. The maximum Gasteiger partial charge on any atom is 0.306 e. The number of carbonyl (C=O) groups is 3. The quantitative estimate of drug-likeness (QED) is 0.0261. The van der Waals surface area contributed by atoms with Gasteiger partial charge in [-0.25, -0.2) is 0 Å². The van der Waals surface area contributed by atoms with Crippen molar-refractivity contribution < 1.29 is 28.6 Å². The highest BCUT2D eigenvalue weighted by molar-refractivity contribution is 5.71. The fourth-order valence-electron chi connectivity index (χ4n) is 11.5. The normalized spacial score (nSPS) is 12.2. The van der Waals surface area contributed by atoms with E-state index in [0.29, 0.717) is 19.3 Å². The summed E-state index contributed by atoms with van der Waals surface area (Å²) in [6.45, 7) is 6.63. The molecule has 1 atom stereocenters. The summed E-state index contributed by atoms with van der Waals surface area (Å²) in [5.41, 5.74) is 0. The van der Waals surface area contributed by atoms with Crippen LogP contribution in [0.25, 0.3) is 0 Å². The lowest BCUT2D eigenvalue weighted by molar-refractivity contribution is -0.167. The molecule has 0 aromatic rings. The van der Waals surface area contributed by atoms with Crippen LogP contribution in [-0.2, 0) is 28.6 Å². The first-order valence-electron chi connectivity index (χ1n) is 37.5. The van der Waals surface area contributed by atoms with Crippen LogP contribution in [0.4, 0.5) is 0 Å². The number of esters is 3. The molecular formula is C77H144O6. The molecule has 0 aliphatic heterocycles. The molecule has 0 spiro atoms. The van der Waals surface area contributed by atoms with E-state index in [-0.39, 0.29) is 31.1 Å². The zero-order valence-corrected chi connectivity index (χ0v) is 56.2. The SMILES string of the molecule is CCC/C=C\C/C=C\CCCCCCCC(=O)OCC(COC(=O)CCCCCCCCCCCCCCCCCCCCCCCCCCCCCCCCCCCC)OC(=O)CCCCCCCCC/C=C\CCCCCCCCC. The minimum absolute atomic E-state index is 0.0741. The maximum atomic E-state index is 12.9. The maximum absolute atomic E-state index is 12.9. The number of ether oxygens (including phenoxy) is 3. The molecule has 488 valence electrons. The average Bonchev–Trinajstić information content (AvgIpc) is 3.50. The first-order valence-corrected chi connectivity index (χ1v) is 37.5. The molecule has 83 heavy (non-hydrogen) atoms. The van der Waals surface area contributed by atoms with Gasteiger partial charge < -0.3 is 14.2 Å². The number of rotatable bonds is 70. The highest BCUT2D eigenvalue weighted by Crippen LogP contribution is 2.19. The highest BCUT2D eigenvalue weighted by atomic mass is 16.6. The Kier molecular flexibility index (Phi) is 70.0. The van der Waals surface area contributed by atoms with Gasteiger partial charge in [0.25, 0.3) is 0 Å². The third-order valence-corrected chi connectivity index (χ3v) is 17.1. The predicted octanol–water partition coefficient (Wildman–Crippen LogP) is 25.9. The van der Waals surface area contributed by atoms with Crippen LogP contribution >= 0.6 is 0 Å². The molecule has 6 nitrogen and oxygen atoms in total. The molecule has 0 rings (SSSR count). The molecule has 6 heteroatoms. The minimum Gasteiger partial charge on any atom is -0.462 e. The Balaban J connectivity index is 4.08. The summed E-state index contributed by atoms with van der Waals surface area (Å²) < 4.78 is 17.0. The van der Waals surface area contributed by atoms with Gasteiger partial charge in [0.15, 0.2) is 6.10 Å². The van der Waals surface area contributed by atoms with E-state index in [4.69, 9.17) is 14.2 Å².